The van der Waals surface area contributed by atoms with E-state index in [4.69, 9.17) is 9.47 Å². The molecule has 0 bridgehead atoms. The molecule has 1 atom stereocenters. The summed E-state index contributed by atoms with van der Waals surface area (Å²) in [6.07, 6.45) is 9.82. The molecule has 1 N–H and O–H groups in total. The topological polar surface area (TPSA) is 30.5 Å². The fourth-order valence-corrected chi connectivity index (χ4v) is 3.03. The summed E-state index contributed by atoms with van der Waals surface area (Å²) in [5, 5.41) is 3.64. The first-order valence-electron chi connectivity index (χ1n) is 8.11. The van der Waals surface area contributed by atoms with Crippen molar-refractivity contribution in [2.75, 3.05) is 13.3 Å². The van der Waals surface area contributed by atoms with Gasteiger partial charge in [-0.15, -0.1) is 0 Å². The van der Waals surface area contributed by atoms with Crippen LogP contribution in [0.15, 0.2) is 29.8 Å². The highest BCUT2D eigenvalue weighted by molar-refractivity contribution is 5.44. The van der Waals surface area contributed by atoms with Crippen molar-refractivity contribution in [1.29, 1.82) is 0 Å². The third-order valence-electron chi connectivity index (χ3n) is 4.38. The average molecular weight is 287 g/mol. The first-order valence-corrected chi connectivity index (χ1v) is 8.11. The van der Waals surface area contributed by atoms with Crippen molar-refractivity contribution in [1.82, 2.24) is 5.32 Å². The first kappa shape index (κ1) is 14.5. The molecule has 0 amide bonds. The first-order chi connectivity index (χ1) is 10.3. The molecular formula is C18H25NO2. The number of hydrogen-bond donors (Lipinski definition) is 1. The summed E-state index contributed by atoms with van der Waals surface area (Å²) in [5.41, 5.74) is 2.97. The van der Waals surface area contributed by atoms with Gasteiger partial charge in [0.25, 0.3) is 0 Å². The molecule has 3 nitrogen and oxygen atoms in total. The maximum absolute atomic E-state index is 5.42. The largest absolute Gasteiger partial charge is 0.454 e. The van der Waals surface area contributed by atoms with Crippen molar-refractivity contribution in [3.63, 3.8) is 0 Å². The lowest BCUT2D eigenvalue weighted by atomic mass is 10.1. The predicted molar refractivity (Wildman–Crippen MR) is 84.9 cm³/mol. The van der Waals surface area contributed by atoms with E-state index in [0.717, 1.165) is 30.9 Å². The van der Waals surface area contributed by atoms with Crippen LogP contribution in [0.3, 0.4) is 0 Å². The van der Waals surface area contributed by atoms with E-state index in [2.05, 4.69) is 30.4 Å². The minimum absolute atomic E-state index is 0.354. The van der Waals surface area contributed by atoms with Gasteiger partial charge in [-0.3, -0.25) is 0 Å². The summed E-state index contributed by atoms with van der Waals surface area (Å²) >= 11 is 0. The minimum atomic E-state index is 0.354. The Labute approximate surface area is 127 Å². The van der Waals surface area contributed by atoms with Gasteiger partial charge in [0.2, 0.25) is 6.79 Å². The zero-order valence-corrected chi connectivity index (χ0v) is 12.9. The number of ether oxygens (including phenoxy) is 2. The van der Waals surface area contributed by atoms with E-state index in [1.165, 1.54) is 31.2 Å². The van der Waals surface area contributed by atoms with Crippen LogP contribution in [0.25, 0.3) is 0 Å². The van der Waals surface area contributed by atoms with Gasteiger partial charge in [0.15, 0.2) is 11.5 Å². The normalized spacial score (nSPS) is 17.9. The molecule has 1 aromatic rings. The molecule has 0 radical (unpaired) electrons. The van der Waals surface area contributed by atoms with E-state index in [0.29, 0.717) is 12.8 Å². The number of aryl methyl sites for hydroxylation is 1. The number of nitrogens with one attached hydrogen (secondary N) is 1. The molecule has 0 fully saturated rings. The highest BCUT2D eigenvalue weighted by Gasteiger charge is 2.13. The lowest BCUT2D eigenvalue weighted by Crippen LogP contribution is -2.27. The highest BCUT2D eigenvalue weighted by Crippen LogP contribution is 2.32. The molecule has 21 heavy (non-hydrogen) atoms. The van der Waals surface area contributed by atoms with Gasteiger partial charge in [-0.25, -0.2) is 0 Å². The van der Waals surface area contributed by atoms with Crippen LogP contribution in [0, 0.1) is 0 Å². The van der Waals surface area contributed by atoms with E-state index in [1.807, 2.05) is 6.07 Å². The summed E-state index contributed by atoms with van der Waals surface area (Å²) in [4.78, 5) is 0. The molecule has 3 rings (SSSR count). The van der Waals surface area contributed by atoms with Crippen LogP contribution in [-0.4, -0.2) is 19.4 Å². The van der Waals surface area contributed by atoms with Crippen LogP contribution in [0.5, 0.6) is 11.5 Å². The fourth-order valence-electron chi connectivity index (χ4n) is 3.03. The van der Waals surface area contributed by atoms with Crippen molar-refractivity contribution in [3.8, 4) is 11.5 Å². The smallest absolute Gasteiger partial charge is 0.231 e. The zero-order chi connectivity index (χ0) is 14.5. The fraction of sp³-hybridized carbons (Fsp3) is 0.556. The standard InChI is InChI=1S/C18H25NO2/c1-14(19-11-10-15-4-2-3-5-15)6-7-16-8-9-17-18(12-16)21-13-20-17/h4,8-9,12,14,19H,2-3,5-7,10-11,13H2,1H3. The van der Waals surface area contributed by atoms with Crippen molar-refractivity contribution in [2.24, 2.45) is 0 Å². The van der Waals surface area contributed by atoms with Crippen LogP contribution in [0.4, 0.5) is 0 Å². The van der Waals surface area contributed by atoms with Gasteiger partial charge in [0, 0.05) is 6.04 Å². The van der Waals surface area contributed by atoms with Crippen molar-refractivity contribution in [2.45, 2.75) is 51.5 Å². The van der Waals surface area contributed by atoms with E-state index in [-0.39, 0.29) is 0 Å². The molecule has 2 aliphatic rings. The van der Waals surface area contributed by atoms with Gasteiger partial charge in [0.1, 0.15) is 0 Å². The third kappa shape index (κ3) is 4.01. The molecule has 3 heteroatoms. The molecular weight excluding hydrogens is 262 g/mol. The molecule has 0 spiro atoms. The molecule has 1 unspecified atom stereocenters. The second-order valence-corrected chi connectivity index (χ2v) is 6.09. The van der Waals surface area contributed by atoms with Crippen LogP contribution < -0.4 is 14.8 Å². The molecule has 0 aromatic heterocycles. The van der Waals surface area contributed by atoms with Crippen LogP contribution >= 0.6 is 0 Å². The monoisotopic (exact) mass is 287 g/mol. The van der Waals surface area contributed by atoms with Crippen LogP contribution in [-0.2, 0) is 6.42 Å². The maximum atomic E-state index is 5.42. The third-order valence-corrected chi connectivity index (χ3v) is 4.38. The summed E-state index contributed by atoms with van der Waals surface area (Å²) in [6.45, 7) is 3.73. The van der Waals surface area contributed by atoms with Gasteiger partial charge in [-0.05, 0) is 69.7 Å². The Kier molecular flexibility index (Phi) is 4.81. The summed E-state index contributed by atoms with van der Waals surface area (Å²) in [5.74, 6) is 1.76. The van der Waals surface area contributed by atoms with Crippen molar-refractivity contribution in [3.05, 3.63) is 35.4 Å². The van der Waals surface area contributed by atoms with E-state index in [1.54, 1.807) is 5.57 Å². The van der Waals surface area contributed by atoms with Crippen molar-refractivity contribution >= 4 is 0 Å². The molecule has 1 aliphatic carbocycles. The number of hydrogen-bond acceptors (Lipinski definition) is 3. The lowest BCUT2D eigenvalue weighted by Gasteiger charge is -2.14. The second kappa shape index (κ2) is 6.99. The Morgan fingerprint density at radius 2 is 2.10 bits per heavy atom. The lowest BCUT2D eigenvalue weighted by molar-refractivity contribution is 0.174. The Hall–Kier alpha value is -1.48. The molecule has 1 aliphatic heterocycles. The van der Waals surface area contributed by atoms with Gasteiger partial charge < -0.3 is 14.8 Å². The number of fused-ring (bicyclic) bond motifs is 1. The average Bonchev–Trinajstić information content (AvgIpc) is 3.15. The SMILES string of the molecule is CC(CCc1ccc2c(c1)OCO2)NCCC1=CCCC1. The van der Waals surface area contributed by atoms with Gasteiger partial charge >= 0.3 is 0 Å². The Morgan fingerprint density at radius 3 is 2.95 bits per heavy atom. The molecule has 1 aromatic carbocycles. The quantitative estimate of drug-likeness (QED) is 0.773. The highest BCUT2D eigenvalue weighted by atomic mass is 16.7. The Balaban J connectivity index is 1.38. The molecule has 114 valence electrons. The molecule has 1 heterocycles. The summed E-state index contributed by atoms with van der Waals surface area (Å²) < 4.78 is 10.8. The number of rotatable bonds is 7. The number of benzene rings is 1. The van der Waals surface area contributed by atoms with Gasteiger partial charge in [0.05, 0.1) is 0 Å². The van der Waals surface area contributed by atoms with Crippen molar-refractivity contribution < 1.29 is 9.47 Å². The van der Waals surface area contributed by atoms with E-state index < -0.39 is 0 Å². The Morgan fingerprint density at radius 1 is 1.19 bits per heavy atom. The number of allylic oxidation sites excluding steroid dienone is 1. The minimum Gasteiger partial charge on any atom is -0.454 e. The van der Waals surface area contributed by atoms with E-state index >= 15 is 0 Å². The second-order valence-electron chi connectivity index (χ2n) is 6.09. The van der Waals surface area contributed by atoms with Crippen LogP contribution in [0.2, 0.25) is 0 Å². The summed E-state index contributed by atoms with van der Waals surface area (Å²) in [6, 6.07) is 6.82. The molecule has 0 saturated carbocycles. The maximum Gasteiger partial charge on any atom is 0.231 e. The molecule has 0 saturated heterocycles. The Bertz CT molecular complexity index is 510. The van der Waals surface area contributed by atoms with E-state index in [9.17, 15) is 0 Å². The zero-order valence-electron chi connectivity index (χ0n) is 12.9. The van der Waals surface area contributed by atoms with Gasteiger partial charge in [-0.1, -0.05) is 17.7 Å². The summed E-state index contributed by atoms with van der Waals surface area (Å²) in [7, 11) is 0. The predicted octanol–water partition coefficient (Wildman–Crippen LogP) is 3.83. The van der Waals surface area contributed by atoms with Gasteiger partial charge in [-0.2, -0.15) is 0 Å². The van der Waals surface area contributed by atoms with Crippen LogP contribution in [0.1, 0.15) is 44.6 Å².